The molecule has 8 heavy (non-hydrogen) atoms. The van der Waals surface area contributed by atoms with E-state index < -0.39 is 0 Å². The fraction of sp³-hybridized carbons (Fsp3) is 1.00. The molecule has 0 aromatic carbocycles. The molecule has 0 saturated carbocycles. The number of hydrogen-bond donors (Lipinski definition) is 0. The lowest BCUT2D eigenvalue weighted by atomic mass is 10.4. The second-order valence-corrected chi connectivity index (χ2v) is 2.26. The molecule has 1 fully saturated rings. The third-order valence-corrected chi connectivity index (χ3v) is 1.48. The van der Waals surface area contributed by atoms with Crippen LogP contribution in [0.25, 0.3) is 0 Å². The van der Waals surface area contributed by atoms with Crippen LogP contribution in [0.1, 0.15) is 0 Å². The van der Waals surface area contributed by atoms with Crippen molar-refractivity contribution in [3.63, 3.8) is 0 Å². The maximum Gasteiger partial charge on any atom is 0.0291 e. The molecule has 1 aliphatic rings. The molecule has 3 nitrogen and oxygen atoms in total. The average Bonchev–Trinajstić information content (AvgIpc) is 1.77. The summed E-state index contributed by atoms with van der Waals surface area (Å²) >= 11 is 0. The number of hydrogen-bond acceptors (Lipinski definition) is 2. The zero-order valence-corrected chi connectivity index (χ0v) is 5.17. The van der Waals surface area contributed by atoms with Gasteiger partial charge in [0, 0.05) is 26.2 Å². The molecule has 0 amide bonds. The Hall–Kier alpha value is -0.120. The topological polar surface area (TPSA) is 28.8 Å². The standard InChI is InChI=1S/C5H11N3/c1-7-2-4-8(6)5-3-7/h2-5H2,1H3. The molecule has 1 aliphatic heterocycles. The van der Waals surface area contributed by atoms with E-state index in [1.807, 2.05) is 0 Å². The van der Waals surface area contributed by atoms with Crippen molar-refractivity contribution >= 4 is 0 Å². The highest BCUT2D eigenvalue weighted by Gasteiger charge is 2.09. The third-order valence-electron chi connectivity index (χ3n) is 1.48. The second kappa shape index (κ2) is 2.44. The fourth-order valence-electron chi connectivity index (χ4n) is 0.796. The Morgan fingerprint density at radius 1 is 1.12 bits per heavy atom. The van der Waals surface area contributed by atoms with E-state index in [-0.39, 0.29) is 0 Å². The van der Waals surface area contributed by atoms with Gasteiger partial charge in [-0.25, -0.2) is 5.01 Å². The minimum Gasteiger partial charge on any atom is -0.304 e. The van der Waals surface area contributed by atoms with Gasteiger partial charge in [-0.15, -0.1) is 0 Å². The van der Waals surface area contributed by atoms with Crippen molar-refractivity contribution in [2.24, 2.45) is 0 Å². The molecule has 0 atom stereocenters. The molecule has 0 spiro atoms. The van der Waals surface area contributed by atoms with E-state index in [4.69, 9.17) is 5.84 Å². The van der Waals surface area contributed by atoms with Gasteiger partial charge in [0.25, 0.3) is 0 Å². The van der Waals surface area contributed by atoms with Gasteiger partial charge in [0.1, 0.15) is 0 Å². The molecule has 2 radical (unpaired) electrons. The number of piperazine rings is 1. The van der Waals surface area contributed by atoms with Gasteiger partial charge >= 0.3 is 0 Å². The maximum atomic E-state index is 8.83. The van der Waals surface area contributed by atoms with Crippen molar-refractivity contribution in [3.05, 3.63) is 0 Å². The lowest BCUT2D eigenvalue weighted by Crippen LogP contribution is -2.43. The molecule has 46 valence electrons. The SMILES string of the molecule is CN1CCN([N])CC1. The van der Waals surface area contributed by atoms with Gasteiger partial charge in [0.15, 0.2) is 0 Å². The van der Waals surface area contributed by atoms with Crippen LogP contribution in [0.4, 0.5) is 0 Å². The van der Waals surface area contributed by atoms with E-state index in [2.05, 4.69) is 11.9 Å². The molecule has 0 aromatic heterocycles. The van der Waals surface area contributed by atoms with Gasteiger partial charge < -0.3 is 4.90 Å². The Morgan fingerprint density at radius 3 is 2.00 bits per heavy atom. The number of nitrogens with zero attached hydrogens (tertiary/aromatic N) is 3. The minimum atomic E-state index is 0.788. The Balaban J connectivity index is 2.19. The summed E-state index contributed by atoms with van der Waals surface area (Å²) in [6.45, 7) is 3.54. The van der Waals surface area contributed by atoms with Crippen molar-refractivity contribution in [1.82, 2.24) is 15.8 Å². The Kier molecular flexibility index (Phi) is 1.83. The number of rotatable bonds is 0. The molecule has 0 N–H and O–H groups in total. The van der Waals surface area contributed by atoms with Crippen LogP contribution in [0, 0.1) is 0 Å². The Labute approximate surface area is 50.0 Å². The van der Waals surface area contributed by atoms with E-state index in [0.717, 1.165) is 26.2 Å². The van der Waals surface area contributed by atoms with E-state index in [0.29, 0.717) is 0 Å². The monoisotopic (exact) mass is 113 g/mol. The molecular formula is C5H11N3. The normalized spacial score (nSPS) is 26.2. The third kappa shape index (κ3) is 1.43. The first-order valence-corrected chi connectivity index (χ1v) is 2.91. The van der Waals surface area contributed by atoms with Crippen LogP contribution >= 0.6 is 0 Å². The molecule has 1 rings (SSSR count). The molecule has 1 heterocycles. The van der Waals surface area contributed by atoms with Crippen LogP contribution in [-0.2, 0) is 0 Å². The summed E-state index contributed by atoms with van der Waals surface area (Å²) in [7, 11) is 2.06. The van der Waals surface area contributed by atoms with Gasteiger partial charge in [-0.05, 0) is 12.9 Å². The first-order valence-electron chi connectivity index (χ1n) is 2.91. The van der Waals surface area contributed by atoms with Crippen molar-refractivity contribution in [2.45, 2.75) is 0 Å². The molecular weight excluding hydrogens is 102 g/mol. The van der Waals surface area contributed by atoms with Gasteiger partial charge in [0.05, 0.1) is 0 Å². The minimum absolute atomic E-state index is 0.788. The predicted octanol–water partition coefficient (Wildman–Crippen LogP) is -0.783. The summed E-state index contributed by atoms with van der Waals surface area (Å²) in [6, 6.07) is 0. The summed E-state index contributed by atoms with van der Waals surface area (Å²) in [6.07, 6.45) is 0. The van der Waals surface area contributed by atoms with Gasteiger partial charge in [-0.3, -0.25) is 0 Å². The highest BCUT2D eigenvalue weighted by Crippen LogP contribution is 1.92. The van der Waals surface area contributed by atoms with E-state index >= 15 is 0 Å². The average molecular weight is 113 g/mol. The predicted molar refractivity (Wildman–Crippen MR) is 31.2 cm³/mol. The molecule has 1 saturated heterocycles. The summed E-state index contributed by atoms with van der Waals surface area (Å²) in [5.74, 6) is 8.83. The highest BCUT2D eigenvalue weighted by molar-refractivity contribution is 4.62. The molecule has 0 aromatic rings. The fourth-order valence-corrected chi connectivity index (χ4v) is 0.796. The van der Waals surface area contributed by atoms with Crippen LogP contribution in [0.15, 0.2) is 0 Å². The van der Waals surface area contributed by atoms with Crippen molar-refractivity contribution in [2.75, 3.05) is 33.2 Å². The zero-order chi connectivity index (χ0) is 5.98. The summed E-state index contributed by atoms with van der Waals surface area (Å²) in [5, 5.41) is 1.36. The van der Waals surface area contributed by atoms with E-state index in [1.54, 1.807) is 0 Å². The smallest absolute Gasteiger partial charge is 0.0291 e. The van der Waals surface area contributed by atoms with Crippen molar-refractivity contribution in [1.29, 1.82) is 0 Å². The van der Waals surface area contributed by atoms with Crippen LogP contribution in [0.5, 0.6) is 0 Å². The number of likely N-dealkylation sites (N-methyl/N-ethyl adjacent to an activating group) is 1. The summed E-state index contributed by atoms with van der Waals surface area (Å²) < 4.78 is 0. The lowest BCUT2D eigenvalue weighted by molar-refractivity contribution is 0.147. The van der Waals surface area contributed by atoms with E-state index in [9.17, 15) is 0 Å². The quantitative estimate of drug-likeness (QED) is 0.412. The molecule has 0 bridgehead atoms. The van der Waals surface area contributed by atoms with Crippen LogP contribution in [0.2, 0.25) is 0 Å². The van der Waals surface area contributed by atoms with Gasteiger partial charge in [-0.1, -0.05) is 0 Å². The van der Waals surface area contributed by atoms with Crippen LogP contribution < -0.4 is 5.84 Å². The highest BCUT2D eigenvalue weighted by atomic mass is 15.4. The zero-order valence-electron chi connectivity index (χ0n) is 5.17. The second-order valence-electron chi connectivity index (χ2n) is 2.26. The lowest BCUT2D eigenvalue weighted by Gasteiger charge is -2.26. The molecule has 3 heteroatoms. The molecule has 0 aliphatic carbocycles. The maximum absolute atomic E-state index is 8.83. The van der Waals surface area contributed by atoms with Gasteiger partial charge in [0.2, 0.25) is 0 Å². The van der Waals surface area contributed by atoms with Crippen molar-refractivity contribution < 1.29 is 0 Å². The Morgan fingerprint density at radius 2 is 1.62 bits per heavy atom. The van der Waals surface area contributed by atoms with Crippen LogP contribution in [-0.4, -0.2) is 43.1 Å². The van der Waals surface area contributed by atoms with E-state index in [1.165, 1.54) is 5.01 Å². The first kappa shape index (κ1) is 6.01. The Bertz CT molecular complexity index is 56.1. The largest absolute Gasteiger partial charge is 0.304 e. The first-order chi connectivity index (χ1) is 3.79. The van der Waals surface area contributed by atoms with Crippen molar-refractivity contribution in [3.8, 4) is 0 Å². The summed E-state index contributed by atoms with van der Waals surface area (Å²) in [4.78, 5) is 2.20. The van der Waals surface area contributed by atoms with Gasteiger partial charge in [-0.2, -0.15) is 0 Å². The molecule has 0 unspecified atom stereocenters. The van der Waals surface area contributed by atoms with Crippen LogP contribution in [0.3, 0.4) is 0 Å². The summed E-state index contributed by atoms with van der Waals surface area (Å²) in [5.41, 5.74) is 0.